The highest BCUT2D eigenvalue weighted by Crippen LogP contribution is 2.26. The van der Waals surface area contributed by atoms with Crippen LogP contribution in [0.15, 0.2) is 30.3 Å². The molecular weight excluding hydrogens is 274 g/mol. The molecule has 98 valence electrons. The number of amides is 1. The van der Waals surface area contributed by atoms with Gasteiger partial charge in [-0.25, -0.2) is 4.98 Å². The first-order chi connectivity index (χ1) is 8.97. The smallest absolute Gasteiger partial charge is 0.321 e. The van der Waals surface area contributed by atoms with Gasteiger partial charge in [-0.05, 0) is 23.1 Å². The van der Waals surface area contributed by atoms with Crippen LogP contribution in [-0.2, 0) is 0 Å². The number of H-pyrrole nitrogens is 1. The van der Waals surface area contributed by atoms with E-state index in [1.807, 2.05) is 0 Å². The number of nitro groups is 1. The first kappa shape index (κ1) is 12.9. The maximum Gasteiger partial charge on any atom is 0.321 e. The molecule has 1 amide bonds. The third-order valence-corrected chi connectivity index (χ3v) is 2.64. The van der Waals surface area contributed by atoms with Crippen molar-refractivity contribution in [3.05, 3.63) is 51.2 Å². The van der Waals surface area contributed by atoms with Gasteiger partial charge in [-0.2, -0.15) is 0 Å². The maximum absolute atomic E-state index is 11.8. The van der Waals surface area contributed by atoms with Gasteiger partial charge in [0, 0.05) is 17.8 Å². The average Bonchev–Trinajstić information content (AvgIpc) is 2.83. The minimum absolute atomic E-state index is 0.0427. The monoisotopic (exact) mass is 281 g/mol. The van der Waals surface area contributed by atoms with E-state index in [0.29, 0.717) is 5.69 Å². The second-order valence-corrected chi connectivity index (χ2v) is 4.04. The van der Waals surface area contributed by atoms with Gasteiger partial charge in [0.1, 0.15) is 5.75 Å². The fourth-order valence-electron chi connectivity index (χ4n) is 1.41. The number of halogens is 1. The van der Waals surface area contributed by atoms with E-state index >= 15 is 0 Å². The highest BCUT2D eigenvalue weighted by atomic mass is 35.5. The van der Waals surface area contributed by atoms with E-state index in [1.165, 1.54) is 30.3 Å². The number of aromatic amines is 1. The van der Waals surface area contributed by atoms with Crippen molar-refractivity contribution < 1.29 is 14.8 Å². The number of phenols is 1. The van der Waals surface area contributed by atoms with Gasteiger partial charge in [0.2, 0.25) is 0 Å². The lowest BCUT2D eigenvalue weighted by Gasteiger charge is -2.03. The highest BCUT2D eigenvalue weighted by molar-refractivity contribution is 6.32. The summed E-state index contributed by atoms with van der Waals surface area (Å²) in [6.07, 6.45) is 0. The molecule has 0 spiro atoms. The van der Waals surface area contributed by atoms with Crippen molar-refractivity contribution >= 4 is 29.0 Å². The van der Waals surface area contributed by atoms with E-state index < -0.39 is 10.8 Å². The second-order valence-electron chi connectivity index (χ2n) is 3.63. The lowest BCUT2D eigenvalue weighted by molar-refractivity contribution is -0.389. The van der Waals surface area contributed by atoms with E-state index in [2.05, 4.69) is 10.3 Å². The summed E-state index contributed by atoms with van der Waals surface area (Å²) in [5, 5.41) is 22.5. The van der Waals surface area contributed by atoms with E-state index in [0.717, 1.165) is 0 Å². The zero-order valence-corrected chi connectivity index (χ0v) is 10.1. The first-order valence-electron chi connectivity index (χ1n) is 5.10. The fourth-order valence-corrected chi connectivity index (χ4v) is 1.53. The van der Waals surface area contributed by atoms with E-state index in [4.69, 9.17) is 11.6 Å². The van der Waals surface area contributed by atoms with Crippen molar-refractivity contribution in [1.82, 2.24) is 4.98 Å². The van der Waals surface area contributed by atoms with Crippen molar-refractivity contribution in [2.45, 2.75) is 0 Å². The molecule has 19 heavy (non-hydrogen) atoms. The number of anilines is 1. The number of phenolic OH excluding ortho intramolecular Hbond substituents is 1. The summed E-state index contributed by atoms with van der Waals surface area (Å²) in [4.78, 5) is 24.0. The molecule has 0 radical (unpaired) electrons. The molecule has 0 atom stereocenters. The Kier molecular flexibility index (Phi) is 3.39. The number of aromatic hydroxyl groups is 1. The van der Waals surface area contributed by atoms with Gasteiger partial charge in [0.25, 0.3) is 5.91 Å². The summed E-state index contributed by atoms with van der Waals surface area (Å²) in [6.45, 7) is 0. The topological polar surface area (TPSA) is 108 Å². The van der Waals surface area contributed by atoms with E-state index in [-0.39, 0.29) is 22.3 Å². The minimum Gasteiger partial charge on any atom is -0.506 e. The third kappa shape index (κ3) is 2.83. The SMILES string of the molecule is O=C(Nc1ccc(Cl)c(O)c1)c1ccc([N+](=O)[O-])[nH]1. The molecule has 0 unspecified atom stereocenters. The van der Waals surface area contributed by atoms with Crippen LogP contribution in [0.4, 0.5) is 11.5 Å². The molecule has 0 saturated heterocycles. The molecule has 0 saturated carbocycles. The fraction of sp³-hybridized carbons (Fsp3) is 0. The van der Waals surface area contributed by atoms with Crippen LogP contribution in [0.3, 0.4) is 0 Å². The zero-order chi connectivity index (χ0) is 14.0. The Hall–Kier alpha value is -2.54. The summed E-state index contributed by atoms with van der Waals surface area (Å²) < 4.78 is 0. The molecule has 0 aliphatic rings. The van der Waals surface area contributed by atoms with Crippen LogP contribution in [0.1, 0.15) is 10.5 Å². The number of aromatic nitrogens is 1. The van der Waals surface area contributed by atoms with Crippen molar-refractivity contribution in [2.24, 2.45) is 0 Å². The molecule has 0 aliphatic carbocycles. The quantitative estimate of drug-likeness (QED) is 0.593. The van der Waals surface area contributed by atoms with Gasteiger partial charge in [-0.1, -0.05) is 11.6 Å². The molecule has 0 fully saturated rings. The molecular formula is C11H8ClN3O4. The lowest BCUT2D eigenvalue weighted by atomic mass is 10.3. The maximum atomic E-state index is 11.8. The Bertz CT molecular complexity index is 653. The van der Waals surface area contributed by atoms with Crippen molar-refractivity contribution in [1.29, 1.82) is 0 Å². The summed E-state index contributed by atoms with van der Waals surface area (Å²) in [5.41, 5.74) is 0.366. The summed E-state index contributed by atoms with van der Waals surface area (Å²) >= 11 is 5.63. The summed E-state index contributed by atoms with van der Waals surface area (Å²) in [6, 6.07) is 6.68. The van der Waals surface area contributed by atoms with Gasteiger partial charge in [-0.3, -0.25) is 4.79 Å². The number of hydrogen-bond acceptors (Lipinski definition) is 4. The molecule has 1 aromatic heterocycles. The van der Waals surface area contributed by atoms with Gasteiger partial charge >= 0.3 is 5.82 Å². The molecule has 1 aromatic carbocycles. The van der Waals surface area contributed by atoms with E-state index in [1.54, 1.807) is 0 Å². The van der Waals surface area contributed by atoms with E-state index in [9.17, 15) is 20.0 Å². The number of carbonyl (C=O) groups excluding carboxylic acids is 1. The van der Waals surface area contributed by atoms with Crippen LogP contribution in [0.5, 0.6) is 5.75 Å². The molecule has 2 aromatic rings. The van der Waals surface area contributed by atoms with Gasteiger partial charge in [-0.15, -0.1) is 0 Å². The lowest BCUT2D eigenvalue weighted by Crippen LogP contribution is -2.12. The van der Waals surface area contributed by atoms with Gasteiger partial charge in [0.05, 0.1) is 5.02 Å². The zero-order valence-electron chi connectivity index (χ0n) is 9.38. The number of carbonyl (C=O) groups is 1. The number of nitrogens with one attached hydrogen (secondary N) is 2. The Morgan fingerprint density at radius 1 is 1.37 bits per heavy atom. The normalized spacial score (nSPS) is 10.2. The standard InChI is InChI=1S/C11H8ClN3O4/c12-7-2-1-6(5-9(7)16)13-11(17)8-3-4-10(14-8)15(18)19/h1-5,14,16H,(H,13,17). The van der Waals surface area contributed by atoms with Gasteiger partial charge in [0.15, 0.2) is 5.69 Å². The summed E-state index contributed by atoms with van der Waals surface area (Å²) in [5.74, 6) is -1.00. The highest BCUT2D eigenvalue weighted by Gasteiger charge is 2.15. The predicted octanol–water partition coefficient (Wildman–Crippen LogP) is 2.53. The molecule has 0 aliphatic heterocycles. The largest absolute Gasteiger partial charge is 0.506 e. The second kappa shape index (κ2) is 4.99. The van der Waals surface area contributed by atoms with Crippen LogP contribution in [0.2, 0.25) is 5.02 Å². The Morgan fingerprint density at radius 2 is 2.11 bits per heavy atom. The molecule has 0 bridgehead atoms. The van der Waals surface area contributed by atoms with Crippen LogP contribution < -0.4 is 5.32 Å². The molecule has 1 heterocycles. The Balaban J connectivity index is 2.15. The predicted molar refractivity (Wildman–Crippen MR) is 68.5 cm³/mol. The Morgan fingerprint density at radius 3 is 2.68 bits per heavy atom. The van der Waals surface area contributed by atoms with Crippen molar-refractivity contribution in [3.8, 4) is 5.75 Å². The van der Waals surface area contributed by atoms with Crippen molar-refractivity contribution in [3.63, 3.8) is 0 Å². The first-order valence-corrected chi connectivity index (χ1v) is 5.48. The molecule has 8 heteroatoms. The number of rotatable bonds is 3. The summed E-state index contributed by atoms with van der Waals surface area (Å²) in [7, 11) is 0. The van der Waals surface area contributed by atoms with Crippen LogP contribution in [0.25, 0.3) is 0 Å². The third-order valence-electron chi connectivity index (χ3n) is 2.32. The van der Waals surface area contributed by atoms with Crippen molar-refractivity contribution in [2.75, 3.05) is 5.32 Å². The minimum atomic E-state index is -0.634. The molecule has 3 N–H and O–H groups in total. The van der Waals surface area contributed by atoms with Gasteiger partial charge < -0.3 is 20.5 Å². The van der Waals surface area contributed by atoms with Crippen LogP contribution >= 0.6 is 11.6 Å². The molecule has 7 nitrogen and oxygen atoms in total. The molecule has 2 rings (SSSR count). The number of hydrogen-bond donors (Lipinski definition) is 3. The van der Waals surface area contributed by atoms with Crippen LogP contribution in [-0.4, -0.2) is 20.9 Å². The van der Waals surface area contributed by atoms with Crippen LogP contribution in [0, 0.1) is 10.1 Å². The average molecular weight is 282 g/mol. The number of nitrogens with zero attached hydrogens (tertiary/aromatic N) is 1. The number of benzene rings is 1. The Labute approximate surface area is 112 Å².